The highest BCUT2D eigenvalue weighted by atomic mass is 32.2. The van der Waals surface area contributed by atoms with Crippen molar-refractivity contribution in [1.29, 1.82) is 0 Å². The molecule has 7 heteroatoms. The SMILES string of the molecule is CCSc1ccccc1OC(=O)c1csc(-c2cnn(C)c2)n1. The van der Waals surface area contributed by atoms with Gasteiger partial charge in [-0.3, -0.25) is 4.68 Å². The van der Waals surface area contributed by atoms with Gasteiger partial charge in [0.25, 0.3) is 0 Å². The van der Waals surface area contributed by atoms with E-state index in [9.17, 15) is 4.79 Å². The Morgan fingerprint density at radius 2 is 2.22 bits per heavy atom. The van der Waals surface area contributed by atoms with Gasteiger partial charge < -0.3 is 4.74 Å². The smallest absolute Gasteiger partial charge is 0.363 e. The maximum absolute atomic E-state index is 12.3. The van der Waals surface area contributed by atoms with Crippen molar-refractivity contribution in [2.75, 3.05) is 5.75 Å². The Kier molecular flexibility index (Phi) is 4.78. The van der Waals surface area contributed by atoms with E-state index in [1.165, 1.54) is 11.3 Å². The number of benzene rings is 1. The minimum absolute atomic E-state index is 0.310. The summed E-state index contributed by atoms with van der Waals surface area (Å²) in [5, 5.41) is 6.57. The Bertz CT molecular complexity index is 826. The topological polar surface area (TPSA) is 57.0 Å². The van der Waals surface area contributed by atoms with Gasteiger partial charge in [0.2, 0.25) is 0 Å². The fourth-order valence-electron chi connectivity index (χ4n) is 1.99. The Hall–Kier alpha value is -2.12. The number of aromatic nitrogens is 3. The van der Waals surface area contributed by atoms with Gasteiger partial charge in [0, 0.05) is 24.2 Å². The first-order chi connectivity index (χ1) is 11.2. The number of esters is 1. The Morgan fingerprint density at radius 1 is 1.39 bits per heavy atom. The van der Waals surface area contributed by atoms with Crippen LogP contribution in [0.3, 0.4) is 0 Å². The van der Waals surface area contributed by atoms with Crippen LogP contribution >= 0.6 is 23.1 Å². The van der Waals surface area contributed by atoms with Gasteiger partial charge in [-0.2, -0.15) is 5.10 Å². The summed E-state index contributed by atoms with van der Waals surface area (Å²) in [6, 6.07) is 7.52. The van der Waals surface area contributed by atoms with Crippen molar-refractivity contribution >= 4 is 29.1 Å². The van der Waals surface area contributed by atoms with Crippen molar-refractivity contribution in [2.24, 2.45) is 7.05 Å². The molecule has 0 radical (unpaired) electrons. The van der Waals surface area contributed by atoms with Crippen LogP contribution in [0.2, 0.25) is 0 Å². The Labute approximate surface area is 142 Å². The van der Waals surface area contributed by atoms with Gasteiger partial charge in [-0.05, 0) is 17.9 Å². The van der Waals surface area contributed by atoms with Gasteiger partial charge in [-0.1, -0.05) is 19.1 Å². The highest BCUT2D eigenvalue weighted by Crippen LogP contribution is 2.30. The summed E-state index contributed by atoms with van der Waals surface area (Å²) in [4.78, 5) is 17.6. The lowest BCUT2D eigenvalue weighted by Gasteiger charge is -2.07. The minimum atomic E-state index is -0.444. The van der Waals surface area contributed by atoms with Crippen molar-refractivity contribution in [2.45, 2.75) is 11.8 Å². The van der Waals surface area contributed by atoms with Gasteiger partial charge in [0.15, 0.2) is 5.69 Å². The standard InChI is InChI=1S/C16H15N3O2S2/c1-3-22-14-7-5-4-6-13(14)21-16(20)12-10-23-15(18-12)11-8-17-19(2)9-11/h4-10H,3H2,1-2H3. The first-order valence-electron chi connectivity index (χ1n) is 7.06. The van der Waals surface area contributed by atoms with Crippen molar-refractivity contribution in [1.82, 2.24) is 14.8 Å². The van der Waals surface area contributed by atoms with Crippen LogP contribution in [0, 0.1) is 0 Å². The van der Waals surface area contributed by atoms with Crippen LogP contribution in [0.5, 0.6) is 5.75 Å². The monoisotopic (exact) mass is 345 g/mol. The first kappa shape index (κ1) is 15.8. The number of nitrogens with zero attached hydrogens (tertiary/aromatic N) is 3. The fourth-order valence-corrected chi connectivity index (χ4v) is 3.50. The average Bonchev–Trinajstić information content (AvgIpc) is 3.18. The third kappa shape index (κ3) is 3.62. The third-order valence-electron chi connectivity index (χ3n) is 3.02. The first-order valence-corrected chi connectivity index (χ1v) is 8.92. The fraction of sp³-hybridized carbons (Fsp3) is 0.188. The summed E-state index contributed by atoms with van der Waals surface area (Å²) in [5.74, 6) is 1.04. The molecule has 0 aliphatic carbocycles. The lowest BCUT2D eigenvalue weighted by molar-refractivity contribution is 0.0725. The summed E-state index contributed by atoms with van der Waals surface area (Å²) in [5.41, 5.74) is 1.20. The summed E-state index contributed by atoms with van der Waals surface area (Å²) < 4.78 is 7.20. The predicted molar refractivity (Wildman–Crippen MR) is 92.1 cm³/mol. The van der Waals surface area contributed by atoms with E-state index in [1.54, 1.807) is 34.1 Å². The normalized spacial score (nSPS) is 10.7. The molecular formula is C16H15N3O2S2. The summed E-state index contributed by atoms with van der Waals surface area (Å²) >= 11 is 3.04. The maximum atomic E-state index is 12.3. The second-order valence-corrected chi connectivity index (χ2v) is 6.87. The molecule has 0 spiro atoms. The molecule has 1 aromatic carbocycles. The number of carbonyl (C=O) groups is 1. The number of thiazole rings is 1. The van der Waals surface area contributed by atoms with Crippen molar-refractivity contribution in [3.8, 4) is 16.3 Å². The van der Waals surface area contributed by atoms with Gasteiger partial charge in [-0.25, -0.2) is 9.78 Å². The van der Waals surface area contributed by atoms with Crippen LogP contribution in [-0.2, 0) is 7.05 Å². The lowest BCUT2D eigenvalue weighted by Crippen LogP contribution is -2.09. The predicted octanol–water partition coefficient (Wildman–Crippen LogP) is 3.87. The van der Waals surface area contributed by atoms with Crippen LogP contribution in [0.25, 0.3) is 10.6 Å². The maximum Gasteiger partial charge on any atom is 0.363 e. The molecular weight excluding hydrogens is 330 g/mol. The van der Waals surface area contributed by atoms with E-state index in [4.69, 9.17) is 4.74 Å². The number of rotatable bonds is 5. The number of aryl methyl sites for hydroxylation is 1. The molecule has 3 aromatic rings. The molecule has 0 bridgehead atoms. The molecule has 0 fully saturated rings. The average molecular weight is 345 g/mol. The van der Waals surface area contributed by atoms with Crippen molar-refractivity contribution in [3.05, 3.63) is 47.7 Å². The Balaban J connectivity index is 1.78. The van der Waals surface area contributed by atoms with Gasteiger partial charge in [-0.15, -0.1) is 23.1 Å². The van der Waals surface area contributed by atoms with Gasteiger partial charge in [0.05, 0.1) is 11.1 Å². The molecule has 2 aromatic heterocycles. The highest BCUT2D eigenvalue weighted by molar-refractivity contribution is 7.99. The lowest BCUT2D eigenvalue weighted by atomic mass is 10.3. The molecule has 23 heavy (non-hydrogen) atoms. The number of hydrogen-bond acceptors (Lipinski definition) is 6. The molecule has 118 valence electrons. The summed E-state index contributed by atoms with van der Waals surface area (Å²) in [6.07, 6.45) is 3.59. The molecule has 2 heterocycles. The van der Waals surface area contributed by atoms with E-state index >= 15 is 0 Å². The van der Waals surface area contributed by atoms with Crippen LogP contribution in [0.15, 0.2) is 46.9 Å². The van der Waals surface area contributed by atoms with Crippen LogP contribution in [0.4, 0.5) is 0 Å². The zero-order valence-electron chi connectivity index (χ0n) is 12.7. The second-order valence-electron chi connectivity index (χ2n) is 4.71. The van der Waals surface area contributed by atoms with E-state index in [0.717, 1.165) is 21.2 Å². The quantitative estimate of drug-likeness (QED) is 0.399. The van der Waals surface area contributed by atoms with Crippen LogP contribution in [-0.4, -0.2) is 26.5 Å². The second kappa shape index (κ2) is 6.97. The van der Waals surface area contributed by atoms with Crippen molar-refractivity contribution < 1.29 is 9.53 Å². The molecule has 0 saturated heterocycles. The molecule has 0 atom stereocenters. The number of hydrogen-bond donors (Lipinski definition) is 0. The minimum Gasteiger partial charge on any atom is -0.421 e. The third-order valence-corrected chi connectivity index (χ3v) is 4.85. The summed E-state index contributed by atoms with van der Waals surface area (Å²) in [6.45, 7) is 2.06. The van der Waals surface area contributed by atoms with E-state index in [-0.39, 0.29) is 0 Å². The van der Waals surface area contributed by atoms with E-state index in [0.29, 0.717) is 11.4 Å². The van der Waals surface area contributed by atoms with Crippen LogP contribution < -0.4 is 4.74 Å². The number of carbonyl (C=O) groups excluding carboxylic acids is 1. The summed E-state index contributed by atoms with van der Waals surface area (Å²) in [7, 11) is 1.84. The number of para-hydroxylation sites is 1. The molecule has 0 aliphatic rings. The molecule has 0 unspecified atom stereocenters. The molecule has 0 amide bonds. The van der Waals surface area contributed by atoms with Crippen LogP contribution in [0.1, 0.15) is 17.4 Å². The Morgan fingerprint density at radius 3 is 2.96 bits per heavy atom. The molecule has 0 N–H and O–H groups in total. The zero-order valence-corrected chi connectivity index (χ0v) is 14.4. The number of thioether (sulfide) groups is 1. The van der Waals surface area contributed by atoms with Gasteiger partial charge >= 0.3 is 5.97 Å². The van der Waals surface area contributed by atoms with E-state index in [1.807, 2.05) is 31.4 Å². The van der Waals surface area contributed by atoms with E-state index in [2.05, 4.69) is 17.0 Å². The van der Waals surface area contributed by atoms with Crippen molar-refractivity contribution in [3.63, 3.8) is 0 Å². The number of ether oxygens (including phenoxy) is 1. The molecule has 3 rings (SSSR count). The molecule has 0 saturated carbocycles. The molecule has 0 aliphatic heterocycles. The van der Waals surface area contributed by atoms with Gasteiger partial charge in [0.1, 0.15) is 10.8 Å². The van der Waals surface area contributed by atoms with E-state index < -0.39 is 5.97 Å². The highest BCUT2D eigenvalue weighted by Gasteiger charge is 2.16. The zero-order chi connectivity index (χ0) is 16.2. The largest absolute Gasteiger partial charge is 0.421 e. The molecule has 5 nitrogen and oxygen atoms in total.